The molecule has 0 fully saturated rings. The van der Waals surface area contributed by atoms with Gasteiger partial charge in [0.2, 0.25) is 0 Å². The van der Waals surface area contributed by atoms with Crippen LogP contribution in [0.4, 0.5) is 5.69 Å². The van der Waals surface area contributed by atoms with Gasteiger partial charge in [-0.15, -0.1) is 0 Å². The van der Waals surface area contributed by atoms with E-state index in [1.165, 1.54) is 49.4 Å². The summed E-state index contributed by atoms with van der Waals surface area (Å²) in [6.07, 6.45) is 0. The molecule has 0 saturated carbocycles. The first-order valence-corrected chi connectivity index (χ1v) is 10.3. The van der Waals surface area contributed by atoms with Crippen molar-refractivity contribution < 1.29 is 22.8 Å². The Bertz CT molecular complexity index is 1060. The van der Waals surface area contributed by atoms with Gasteiger partial charge in [0.15, 0.2) is 0 Å². The van der Waals surface area contributed by atoms with Crippen LogP contribution < -0.4 is 5.32 Å². The van der Waals surface area contributed by atoms with E-state index in [1.807, 2.05) is 0 Å². The van der Waals surface area contributed by atoms with Crippen LogP contribution in [-0.4, -0.2) is 57.9 Å². The van der Waals surface area contributed by atoms with Crippen LogP contribution in [0.2, 0.25) is 10.0 Å². The van der Waals surface area contributed by atoms with Gasteiger partial charge in [-0.2, -0.15) is 0 Å². The summed E-state index contributed by atoms with van der Waals surface area (Å²) in [4.78, 5) is 30.6. The first kappa shape index (κ1) is 23.1. The van der Waals surface area contributed by atoms with E-state index in [-0.39, 0.29) is 32.0 Å². The zero-order valence-corrected chi connectivity index (χ0v) is 18.4. The Balaban J connectivity index is 2.37. The molecular weight excluding hydrogens is 441 g/mol. The van der Waals surface area contributed by atoms with Crippen LogP contribution in [0.15, 0.2) is 41.3 Å². The van der Waals surface area contributed by atoms with Crippen molar-refractivity contribution >= 4 is 50.7 Å². The van der Waals surface area contributed by atoms with Gasteiger partial charge in [0.25, 0.3) is 21.8 Å². The lowest BCUT2D eigenvalue weighted by Crippen LogP contribution is -2.26. The molecule has 0 atom stereocenters. The van der Waals surface area contributed by atoms with Gasteiger partial charge in [-0.05, 0) is 36.4 Å². The quantitative estimate of drug-likeness (QED) is 0.669. The molecule has 0 spiro atoms. The fourth-order valence-electron chi connectivity index (χ4n) is 2.29. The number of hydroxylamine groups is 1. The minimum Gasteiger partial charge on any atom is -0.345 e. The number of nitrogens with one attached hydrogen (secondary N) is 1. The van der Waals surface area contributed by atoms with Crippen LogP contribution in [-0.2, 0) is 14.9 Å². The maximum absolute atomic E-state index is 12.6. The molecule has 0 unspecified atom stereocenters. The van der Waals surface area contributed by atoms with E-state index >= 15 is 0 Å². The number of hydrogen-bond donors (Lipinski definition) is 1. The highest BCUT2D eigenvalue weighted by molar-refractivity contribution is 7.89. The second-order valence-electron chi connectivity index (χ2n) is 6.09. The summed E-state index contributed by atoms with van der Waals surface area (Å²) >= 11 is 12.1. The summed E-state index contributed by atoms with van der Waals surface area (Å²) in [5.41, 5.74) is 0.585. The highest BCUT2D eigenvalue weighted by atomic mass is 35.5. The lowest BCUT2D eigenvalue weighted by molar-refractivity contribution is -0.0258. The highest BCUT2D eigenvalue weighted by Crippen LogP contribution is 2.26. The Labute approximate surface area is 179 Å². The second-order valence-corrected chi connectivity index (χ2v) is 8.81. The highest BCUT2D eigenvalue weighted by Gasteiger charge is 2.25. The summed E-state index contributed by atoms with van der Waals surface area (Å²) in [5.74, 6) is -0.919. The lowest BCUT2D eigenvalue weighted by Gasteiger charge is -2.16. The molecule has 0 saturated heterocycles. The van der Waals surface area contributed by atoms with Crippen LogP contribution in [0.3, 0.4) is 0 Å². The SMILES string of the molecule is CON(C)S(=O)(=O)c1cc(C(=O)Nc2ccc(Cl)c(C(=O)N(C)C)c2)ccc1Cl. The molecule has 1 N–H and O–H groups in total. The topological polar surface area (TPSA) is 96.0 Å². The first-order chi connectivity index (χ1) is 13.5. The Morgan fingerprint density at radius 3 is 2.21 bits per heavy atom. The van der Waals surface area contributed by atoms with Gasteiger partial charge >= 0.3 is 0 Å². The van der Waals surface area contributed by atoms with Crippen molar-refractivity contribution in [3.8, 4) is 0 Å². The lowest BCUT2D eigenvalue weighted by atomic mass is 10.1. The van der Waals surface area contributed by atoms with Gasteiger partial charge in [0.1, 0.15) is 4.90 Å². The summed E-state index contributed by atoms with van der Waals surface area (Å²) in [6, 6.07) is 8.28. The van der Waals surface area contributed by atoms with E-state index < -0.39 is 15.9 Å². The third kappa shape index (κ3) is 5.06. The van der Waals surface area contributed by atoms with Crippen LogP contribution in [0, 0.1) is 0 Å². The molecule has 11 heteroatoms. The normalized spacial score (nSPS) is 11.4. The average molecular weight is 460 g/mol. The van der Waals surface area contributed by atoms with Gasteiger partial charge in [-0.3, -0.25) is 14.4 Å². The van der Waals surface area contributed by atoms with Gasteiger partial charge in [-0.1, -0.05) is 27.7 Å². The van der Waals surface area contributed by atoms with E-state index in [0.717, 1.165) is 6.07 Å². The number of benzene rings is 2. The van der Waals surface area contributed by atoms with Crippen molar-refractivity contribution in [1.82, 2.24) is 9.37 Å². The Kier molecular flexibility index (Phi) is 7.25. The van der Waals surface area contributed by atoms with E-state index in [1.54, 1.807) is 14.1 Å². The molecule has 0 aliphatic carbocycles. The molecular formula is C18H19Cl2N3O5S. The standard InChI is InChI=1S/C18H19Cl2N3O5S/c1-22(2)18(25)13-10-12(6-8-14(13)19)21-17(24)11-5-7-15(20)16(9-11)29(26,27)23(3)28-4/h5-10H,1-4H3,(H,21,24). The fourth-order valence-corrected chi connectivity index (χ4v) is 3.96. The number of carbonyl (C=O) groups excluding carboxylic acids is 2. The van der Waals surface area contributed by atoms with Crippen LogP contribution in [0.1, 0.15) is 20.7 Å². The Hall–Kier alpha value is -2.17. The largest absolute Gasteiger partial charge is 0.345 e. The van der Waals surface area contributed by atoms with Crippen molar-refractivity contribution in [3.63, 3.8) is 0 Å². The molecule has 0 aliphatic heterocycles. The number of carbonyl (C=O) groups is 2. The number of rotatable bonds is 6. The Morgan fingerprint density at radius 2 is 1.62 bits per heavy atom. The monoisotopic (exact) mass is 459 g/mol. The van der Waals surface area contributed by atoms with Crippen LogP contribution in [0.25, 0.3) is 0 Å². The predicted octanol–water partition coefficient (Wildman–Crippen LogP) is 3.13. The predicted molar refractivity (Wildman–Crippen MR) is 111 cm³/mol. The Morgan fingerprint density at radius 1 is 1.00 bits per heavy atom. The summed E-state index contributed by atoms with van der Waals surface area (Å²) < 4.78 is 25.6. The van der Waals surface area contributed by atoms with E-state index in [0.29, 0.717) is 10.2 Å². The van der Waals surface area contributed by atoms with E-state index in [9.17, 15) is 18.0 Å². The minimum atomic E-state index is -4.05. The zero-order valence-electron chi connectivity index (χ0n) is 16.1. The zero-order chi connectivity index (χ0) is 21.9. The molecule has 2 aromatic rings. The molecule has 0 aromatic heterocycles. The van der Waals surface area contributed by atoms with Crippen LogP contribution >= 0.6 is 23.2 Å². The van der Waals surface area contributed by atoms with Crippen molar-refractivity contribution in [2.24, 2.45) is 0 Å². The molecule has 0 radical (unpaired) electrons. The number of nitrogens with zero attached hydrogens (tertiary/aromatic N) is 2. The van der Waals surface area contributed by atoms with Crippen molar-refractivity contribution in [1.29, 1.82) is 0 Å². The van der Waals surface area contributed by atoms with Crippen molar-refractivity contribution in [2.45, 2.75) is 4.90 Å². The van der Waals surface area contributed by atoms with Crippen molar-refractivity contribution in [3.05, 3.63) is 57.6 Å². The number of amides is 2. The van der Waals surface area contributed by atoms with Crippen LogP contribution in [0.5, 0.6) is 0 Å². The summed E-state index contributed by atoms with van der Waals surface area (Å²) in [7, 11) is 1.50. The number of hydrogen-bond acceptors (Lipinski definition) is 5. The minimum absolute atomic E-state index is 0.0490. The van der Waals surface area contributed by atoms with Gasteiger partial charge < -0.3 is 10.2 Å². The van der Waals surface area contributed by atoms with Crippen molar-refractivity contribution in [2.75, 3.05) is 33.6 Å². The average Bonchev–Trinajstić information content (AvgIpc) is 2.68. The molecule has 0 aliphatic rings. The van der Waals surface area contributed by atoms with E-state index in [2.05, 4.69) is 5.32 Å². The molecule has 156 valence electrons. The third-order valence-electron chi connectivity index (χ3n) is 3.93. The first-order valence-electron chi connectivity index (χ1n) is 8.14. The fraction of sp³-hybridized carbons (Fsp3) is 0.222. The molecule has 0 bridgehead atoms. The molecule has 2 amide bonds. The van der Waals surface area contributed by atoms with Gasteiger partial charge in [-0.25, -0.2) is 8.42 Å². The van der Waals surface area contributed by atoms with Gasteiger partial charge in [0, 0.05) is 32.4 Å². The number of sulfonamides is 1. The van der Waals surface area contributed by atoms with E-state index in [4.69, 9.17) is 28.0 Å². The molecule has 29 heavy (non-hydrogen) atoms. The maximum atomic E-state index is 12.6. The number of anilines is 1. The second kappa shape index (κ2) is 9.10. The molecule has 2 rings (SSSR count). The number of halogens is 2. The molecule has 2 aromatic carbocycles. The smallest absolute Gasteiger partial charge is 0.266 e. The summed E-state index contributed by atoms with van der Waals surface area (Å²) in [6.45, 7) is 0. The molecule has 8 nitrogen and oxygen atoms in total. The third-order valence-corrected chi connectivity index (χ3v) is 6.42. The summed E-state index contributed by atoms with van der Waals surface area (Å²) in [5, 5.41) is 2.79. The van der Waals surface area contributed by atoms with Gasteiger partial charge in [0.05, 0.1) is 22.7 Å². The maximum Gasteiger partial charge on any atom is 0.266 e. The molecule has 0 heterocycles.